The van der Waals surface area contributed by atoms with E-state index >= 15 is 0 Å². The third kappa shape index (κ3) is 2.58. The Morgan fingerprint density at radius 1 is 1.11 bits per heavy atom. The van der Waals surface area contributed by atoms with Crippen molar-refractivity contribution in [2.45, 2.75) is 27.7 Å². The van der Waals surface area contributed by atoms with Crippen LogP contribution in [0.2, 0.25) is 0 Å². The summed E-state index contributed by atoms with van der Waals surface area (Å²) >= 11 is 0. The molecule has 0 spiro atoms. The van der Waals surface area contributed by atoms with Gasteiger partial charge in [-0.15, -0.1) is 0 Å². The molecule has 0 bridgehead atoms. The molecule has 1 aromatic carbocycles. The molecule has 0 saturated heterocycles. The molecular formula is C17H18FN. The number of aryl methyl sites for hydroxylation is 1. The highest BCUT2D eigenvalue weighted by Crippen LogP contribution is 2.27. The van der Waals surface area contributed by atoms with E-state index in [0.717, 1.165) is 27.9 Å². The van der Waals surface area contributed by atoms with Gasteiger partial charge in [-0.1, -0.05) is 12.1 Å². The molecule has 2 heteroatoms. The van der Waals surface area contributed by atoms with Crippen LogP contribution < -0.4 is 0 Å². The minimum Gasteiger partial charge on any atom is -0.256 e. The van der Waals surface area contributed by atoms with E-state index in [1.165, 1.54) is 6.07 Å². The summed E-state index contributed by atoms with van der Waals surface area (Å²) in [5.41, 5.74) is 5.85. The number of aromatic nitrogens is 1. The highest BCUT2D eigenvalue weighted by Gasteiger charge is 2.09. The highest BCUT2D eigenvalue weighted by atomic mass is 19.1. The summed E-state index contributed by atoms with van der Waals surface area (Å²) in [4.78, 5) is 4.46. The molecule has 1 nitrogen and oxygen atoms in total. The first-order valence-corrected chi connectivity index (χ1v) is 6.40. The molecule has 0 saturated carbocycles. The fourth-order valence-electron chi connectivity index (χ4n) is 2.17. The predicted octanol–water partition coefficient (Wildman–Crippen LogP) is 4.85. The zero-order valence-electron chi connectivity index (χ0n) is 11.8. The van der Waals surface area contributed by atoms with Gasteiger partial charge in [0.05, 0.1) is 5.69 Å². The van der Waals surface area contributed by atoms with Crippen molar-refractivity contribution in [3.63, 3.8) is 0 Å². The molecule has 0 radical (unpaired) electrons. The smallest absolute Gasteiger partial charge is 0.126 e. The molecule has 0 aliphatic heterocycles. The van der Waals surface area contributed by atoms with Gasteiger partial charge in [0.15, 0.2) is 0 Å². The van der Waals surface area contributed by atoms with Gasteiger partial charge in [-0.3, -0.25) is 4.98 Å². The zero-order chi connectivity index (χ0) is 14.0. The van der Waals surface area contributed by atoms with E-state index in [2.05, 4.69) is 11.1 Å². The van der Waals surface area contributed by atoms with Crippen molar-refractivity contribution >= 4 is 6.08 Å². The third-order valence-electron chi connectivity index (χ3n) is 3.48. The lowest BCUT2D eigenvalue weighted by atomic mass is 9.96. The van der Waals surface area contributed by atoms with Crippen LogP contribution in [0.25, 0.3) is 17.2 Å². The largest absolute Gasteiger partial charge is 0.256 e. The van der Waals surface area contributed by atoms with Crippen LogP contribution >= 0.6 is 0 Å². The van der Waals surface area contributed by atoms with Crippen LogP contribution in [-0.4, -0.2) is 4.98 Å². The van der Waals surface area contributed by atoms with Crippen LogP contribution in [0.1, 0.15) is 29.3 Å². The van der Waals surface area contributed by atoms with Gasteiger partial charge in [-0.05, 0) is 68.2 Å². The summed E-state index contributed by atoms with van der Waals surface area (Å²) in [5.74, 6) is -0.156. The van der Waals surface area contributed by atoms with Crippen molar-refractivity contribution in [1.82, 2.24) is 4.98 Å². The fraction of sp³-hybridized carbons (Fsp3) is 0.235. The lowest BCUT2D eigenvalue weighted by molar-refractivity contribution is 0.617. The van der Waals surface area contributed by atoms with E-state index in [-0.39, 0.29) is 5.82 Å². The number of allylic oxidation sites excluding steroid dienone is 1. The summed E-state index contributed by atoms with van der Waals surface area (Å²) in [6.07, 6.45) is 5.81. The van der Waals surface area contributed by atoms with Crippen LogP contribution in [0.3, 0.4) is 0 Å². The Hall–Kier alpha value is -1.96. The second kappa shape index (κ2) is 5.35. The molecule has 0 amide bonds. The standard InChI is InChI=1S/C17H18FN/c1-5-6-17-11(2)9-14(10-19-17)15-7-8-16(18)13(4)12(15)3/h5-10H,1-4H3/b6-5-. The lowest BCUT2D eigenvalue weighted by Crippen LogP contribution is -1.94. The Balaban J connectivity index is 2.54. The van der Waals surface area contributed by atoms with Crippen molar-refractivity contribution in [1.29, 1.82) is 0 Å². The number of rotatable bonds is 2. The van der Waals surface area contributed by atoms with Crippen molar-refractivity contribution in [3.05, 3.63) is 58.7 Å². The minimum atomic E-state index is -0.156. The Bertz CT molecular complexity index is 642. The molecule has 0 N–H and O–H groups in total. The maximum atomic E-state index is 13.5. The molecule has 0 aliphatic rings. The lowest BCUT2D eigenvalue weighted by Gasteiger charge is -2.11. The van der Waals surface area contributed by atoms with Crippen LogP contribution in [-0.2, 0) is 0 Å². The normalized spacial score (nSPS) is 11.2. The van der Waals surface area contributed by atoms with Gasteiger partial charge in [-0.2, -0.15) is 0 Å². The Morgan fingerprint density at radius 3 is 2.47 bits per heavy atom. The van der Waals surface area contributed by atoms with Gasteiger partial charge < -0.3 is 0 Å². The average molecular weight is 255 g/mol. The summed E-state index contributed by atoms with van der Waals surface area (Å²) < 4.78 is 13.5. The number of nitrogens with zero attached hydrogens (tertiary/aromatic N) is 1. The monoisotopic (exact) mass is 255 g/mol. The summed E-state index contributed by atoms with van der Waals surface area (Å²) in [6.45, 7) is 7.77. The van der Waals surface area contributed by atoms with Gasteiger partial charge in [0.2, 0.25) is 0 Å². The molecule has 0 fully saturated rings. The van der Waals surface area contributed by atoms with Gasteiger partial charge in [0.1, 0.15) is 5.82 Å². The molecule has 19 heavy (non-hydrogen) atoms. The van der Waals surface area contributed by atoms with Crippen molar-refractivity contribution in [2.24, 2.45) is 0 Å². The summed E-state index contributed by atoms with van der Waals surface area (Å²) in [6, 6.07) is 5.44. The maximum Gasteiger partial charge on any atom is 0.126 e. The van der Waals surface area contributed by atoms with Crippen molar-refractivity contribution in [3.8, 4) is 11.1 Å². The minimum absolute atomic E-state index is 0.156. The third-order valence-corrected chi connectivity index (χ3v) is 3.48. The number of hydrogen-bond donors (Lipinski definition) is 0. The van der Waals surface area contributed by atoms with E-state index in [1.54, 1.807) is 0 Å². The van der Waals surface area contributed by atoms with E-state index in [9.17, 15) is 4.39 Å². The van der Waals surface area contributed by atoms with Crippen molar-refractivity contribution < 1.29 is 4.39 Å². The Labute approximate surface area is 113 Å². The number of pyridine rings is 1. The Kier molecular flexibility index (Phi) is 3.79. The predicted molar refractivity (Wildman–Crippen MR) is 78.6 cm³/mol. The van der Waals surface area contributed by atoms with E-state index in [1.807, 2.05) is 52.1 Å². The quantitative estimate of drug-likeness (QED) is 0.747. The molecule has 0 aliphatic carbocycles. The second-order valence-electron chi connectivity index (χ2n) is 4.77. The fourth-order valence-corrected chi connectivity index (χ4v) is 2.17. The maximum absolute atomic E-state index is 13.5. The molecule has 1 heterocycles. The topological polar surface area (TPSA) is 12.9 Å². The summed E-state index contributed by atoms with van der Waals surface area (Å²) in [5, 5.41) is 0. The highest BCUT2D eigenvalue weighted by molar-refractivity contribution is 5.69. The van der Waals surface area contributed by atoms with E-state index in [4.69, 9.17) is 0 Å². The molecule has 2 aromatic rings. The molecule has 0 unspecified atom stereocenters. The molecular weight excluding hydrogens is 237 g/mol. The molecule has 0 atom stereocenters. The molecule has 2 rings (SSSR count). The van der Waals surface area contributed by atoms with Crippen LogP contribution in [0.4, 0.5) is 4.39 Å². The first-order chi connectivity index (χ1) is 9.04. The van der Waals surface area contributed by atoms with Crippen LogP contribution in [0, 0.1) is 26.6 Å². The Morgan fingerprint density at radius 2 is 1.84 bits per heavy atom. The van der Waals surface area contributed by atoms with Gasteiger partial charge in [0, 0.05) is 11.8 Å². The van der Waals surface area contributed by atoms with Gasteiger partial charge in [-0.25, -0.2) is 4.39 Å². The molecule has 1 aromatic heterocycles. The van der Waals surface area contributed by atoms with Gasteiger partial charge in [0.25, 0.3) is 0 Å². The van der Waals surface area contributed by atoms with Gasteiger partial charge >= 0.3 is 0 Å². The SMILES string of the molecule is C/C=C\c1ncc(-c2ccc(F)c(C)c2C)cc1C. The second-order valence-corrected chi connectivity index (χ2v) is 4.77. The van der Waals surface area contributed by atoms with Crippen molar-refractivity contribution in [2.75, 3.05) is 0 Å². The first-order valence-electron chi connectivity index (χ1n) is 6.40. The zero-order valence-corrected chi connectivity index (χ0v) is 11.8. The number of hydrogen-bond acceptors (Lipinski definition) is 1. The first kappa shape index (κ1) is 13.5. The van der Waals surface area contributed by atoms with E-state index in [0.29, 0.717) is 5.56 Å². The number of halogens is 1. The van der Waals surface area contributed by atoms with Crippen LogP contribution in [0.5, 0.6) is 0 Å². The molecule has 98 valence electrons. The summed E-state index contributed by atoms with van der Waals surface area (Å²) in [7, 11) is 0. The van der Waals surface area contributed by atoms with E-state index < -0.39 is 0 Å². The van der Waals surface area contributed by atoms with Crippen LogP contribution in [0.15, 0.2) is 30.5 Å². The average Bonchev–Trinajstić information content (AvgIpc) is 2.39. The number of benzene rings is 1.